The molecule has 0 unspecified atom stereocenters. The lowest BCUT2D eigenvalue weighted by molar-refractivity contribution is -0.114. The molecule has 0 heterocycles. The van der Waals surface area contributed by atoms with E-state index in [4.69, 9.17) is 0 Å². The Bertz CT molecular complexity index is 377. The Morgan fingerprint density at radius 1 is 1.21 bits per heavy atom. The monoisotopic (exact) mass is 187 g/mol. The number of benzene rings is 1. The molecule has 0 atom stereocenters. The summed E-state index contributed by atoms with van der Waals surface area (Å²) < 4.78 is 0. The third-order valence-electron chi connectivity index (χ3n) is 1.83. The lowest BCUT2D eigenvalue weighted by atomic mass is 10.1. The smallest absolute Gasteiger partial charge is 0.267 e. The molecule has 0 aromatic heterocycles. The summed E-state index contributed by atoms with van der Waals surface area (Å²) in [4.78, 5) is 15.2. The zero-order valence-electron chi connectivity index (χ0n) is 8.45. The standard InChI is InChI=1S/C12H13NO/c1-9(2)12(14)13-10(3)11-7-5-4-6-8-11/h4-8H,1H2,2-3H3. The zero-order valence-corrected chi connectivity index (χ0v) is 8.45. The molecule has 0 spiro atoms. The number of rotatable bonds is 2. The Morgan fingerprint density at radius 2 is 1.79 bits per heavy atom. The fraction of sp³-hybridized carbons (Fsp3) is 0.167. The van der Waals surface area contributed by atoms with Gasteiger partial charge in [-0.25, -0.2) is 4.99 Å². The van der Waals surface area contributed by atoms with Crippen molar-refractivity contribution in [1.29, 1.82) is 0 Å². The summed E-state index contributed by atoms with van der Waals surface area (Å²) in [6.45, 7) is 7.02. The van der Waals surface area contributed by atoms with Gasteiger partial charge in [-0.15, -0.1) is 0 Å². The number of amides is 1. The van der Waals surface area contributed by atoms with E-state index in [-0.39, 0.29) is 5.91 Å². The summed E-state index contributed by atoms with van der Waals surface area (Å²) in [5.41, 5.74) is 2.14. The Kier molecular flexibility index (Phi) is 3.35. The Balaban J connectivity index is 2.91. The van der Waals surface area contributed by atoms with Crippen molar-refractivity contribution in [2.75, 3.05) is 0 Å². The largest absolute Gasteiger partial charge is 0.272 e. The third kappa shape index (κ3) is 2.66. The second kappa shape index (κ2) is 4.51. The van der Waals surface area contributed by atoms with E-state index in [1.54, 1.807) is 6.92 Å². The second-order valence-electron chi connectivity index (χ2n) is 3.15. The maximum atomic E-state index is 11.2. The lowest BCUT2D eigenvalue weighted by Crippen LogP contribution is -2.01. The second-order valence-corrected chi connectivity index (χ2v) is 3.15. The molecule has 0 saturated carbocycles. The van der Waals surface area contributed by atoms with E-state index < -0.39 is 0 Å². The molecule has 1 aromatic carbocycles. The Labute approximate surface area is 84.0 Å². The van der Waals surface area contributed by atoms with Gasteiger partial charge in [-0.1, -0.05) is 36.9 Å². The highest BCUT2D eigenvalue weighted by Gasteiger charge is 2.01. The maximum Gasteiger partial charge on any atom is 0.272 e. The molecule has 1 amide bonds. The Hall–Kier alpha value is -1.70. The van der Waals surface area contributed by atoms with Crippen LogP contribution in [0.4, 0.5) is 0 Å². The first-order chi connectivity index (χ1) is 6.61. The normalized spacial score (nSPS) is 11.1. The molecule has 72 valence electrons. The minimum atomic E-state index is -0.258. The van der Waals surface area contributed by atoms with E-state index in [1.807, 2.05) is 37.3 Å². The van der Waals surface area contributed by atoms with Crippen LogP contribution in [0.5, 0.6) is 0 Å². The summed E-state index contributed by atoms with van der Waals surface area (Å²) in [7, 11) is 0. The minimum Gasteiger partial charge on any atom is -0.267 e. The van der Waals surface area contributed by atoms with Crippen molar-refractivity contribution in [1.82, 2.24) is 0 Å². The van der Waals surface area contributed by atoms with Crippen LogP contribution in [-0.2, 0) is 4.79 Å². The highest BCUT2D eigenvalue weighted by Crippen LogP contribution is 2.02. The van der Waals surface area contributed by atoms with Gasteiger partial charge in [0.05, 0.1) is 0 Å². The summed E-state index contributed by atoms with van der Waals surface area (Å²) >= 11 is 0. The van der Waals surface area contributed by atoms with Crippen LogP contribution in [0.25, 0.3) is 0 Å². The van der Waals surface area contributed by atoms with Gasteiger partial charge in [0.25, 0.3) is 5.91 Å². The quantitative estimate of drug-likeness (QED) is 0.517. The van der Waals surface area contributed by atoms with E-state index in [1.165, 1.54) is 0 Å². The zero-order chi connectivity index (χ0) is 10.6. The van der Waals surface area contributed by atoms with Gasteiger partial charge in [-0.05, 0) is 19.4 Å². The van der Waals surface area contributed by atoms with Crippen LogP contribution in [0, 0.1) is 0 Å². The van der Waals surface area contributed by atoms with E-state index in [0.717, 1.165) is 11.3 Å². The van der Waals surface area contributed by atoms with Crippen LogP contribution >= 0.6 is 0 Å². The van der Waals surface area contributed by atoms with Gasteiger partial charge in [0.15, 0.2) is 0 Å². The molecule has 1 rings (SSSR count). The van der Waals surface area contributed by atoms with Gasteiger partial charge in [0, 0.05) is 11.3 Å². The molecule has 2 heteroatoms. The average Bonchev–Trinajstić information content (AvgIpc) is 2.19. The molecule has 0 aliphatic carbocycles. The molecule has 2 nitrogen and oxygen atoms in total. The van der Waals surface area contributed by atoms with E-state index in [2.05, 4.69) is 11.6 Å². The van der Waals surface area contributed by atoms with Gasteiger partial charge in [0.1, 0.15) is 0 Å². The fourth-order valence-corrected chi connectivity index (χ4v) is 0.992. The number of hydrogen-bond acceptors (Lipinski definition) is 1. The van der Waals surface area contributed by atoms with Gasteiger partial charge < -0.3 is 0 Å². The summed E-state index contributed by atoms with van der Waals surface area (Å²) in [6, 6.07) is 9.60. The van der Waals surface area contributed by atoms with E-state index >= 15 is 0 Å². The molecule has 14 heavy (non-hydrogen) atoms. The third-order valence-corrected chi connectivity index (χ3v) is 1.83. The molecule has 0 saturated heterocycles. The molecule has 1 aromatic rings. The first-order valence-corrected chi connectivity index (χ1v) is 4.42. The van der Waals surface area contributed by atoms with Gasteiger partial charge in [-0.3, -0.25) is 4.79 Å². The topological polar surface area (TPSA) is 29.4 Å². The SMILES string of the molecule is C=C(C)C(=O)N=C(C)c1ccccc1. The minimum absolute atomic E-state index is 0.258. The van der Waals surface area contributed by atoms with Crippen molar-refractivity contribution in [2.45, 2.75) is 13.8 Å². The van der Waals surface area contributed by atoms with Crippen LogP contribution in [0.15, 0.2) is 47.5 Å². The van der Waals surface area contributed by atoms with Crippen LogP contribution in [0.3, 0.4) is 0 Å². The molecular weight excluding hydrogens is 174 g/mol. The first kappa shape index (κ1) is 10.4. The highest BCUT2D eigenvalue weighted by molar-refractivity contribution is 6.08. The fourth-order valence-electron chi connectivity index (χ4n) is 0.992. The van der Waals surface area contributed by atoms with Crippen LogP contribution in [0.1, 0.15) is 19.4 Å². The average molecular weight is 187 g/mol. The van der Waals surface area contributed by atoms with Crippen molar-refractivity contribution in [3.05, 3.63) is 48.0 Å². The summed E-state index contributed by atoms with van der Waals surface area (Å²) in [5, 5.41) is 0. The summed E-state index contributed by atoms with van der Waals surface area (Å²) in [6.07, 6.45) is 0. The van der Waals surface area contributed by atoms with Gasteiger partial charge in [-0.2, -0.15) is 0 Å². The van der Waals surface area contributed by atoms with Crippen LogP contribution in [0.2, 0.25) is 0 Å². The molecule has 0 N–H and O–H groups in total. The first-order valence-electron chi connectivity index (χ1n) is 4.42. The van der Waals surface area contributed by atoms with Crippen molar-refractivity contribution in [2.24, 2.45) is 4.99 Å². The number of hydrogen-bond donors (Lipinski definition) is 0. The number of nitrogens with zero attached hydrogens (tertiary/aromatic N) is 1. The van der Waals surface area contributed by atoms with Gasteiger partial charge >= 0.3 is 0 Å². The molecule has 0 fully saturated rings. The summed E-state index contributed by atoms with van der Waals surface area (Å²) in [5.74, 6) is -0.258. The molecular formula is C12H13NO. The highest BCUT2D eigenvalue weighted by atomic mass is 16.1. The lowest BCUT2D eigenvalue weighted by Gasteiger charge is -1.99. The maximum absolute atomic E-state index is 11.2. The van der Waals surface area contributed by atoms with Crippen molar-refractivity contribution < 1.29 is 4.79 Å². The van der Waals surface area contributed by atoms with Crippen molar-refractivity contribution in [3.63, 3.8) is 0 Å². The van der Waals surface area contributed by atoms with Crippen LogP contribution in [-0.4, -0.2) is 11.6 Å². The number of carbonyl (C=O) groups is 1. The molecule has 0 radical (unpaired) electrons. The van der Waals surface area contributed by atoms with E-state index in [0.29, 0.717) is 5.57 Å². The molecule has 0 bridgehead atoms. The van der Waals surface area contributed by atoms with Crippen molar-refractivity contribution in [3.8, 4) is 0 Å². The predicted octanol–water partition coefficient (Wildman–Crippen LogP) is 2.60. The molecule has 0 aliphatic rings. The Morgan fingerprint density at radius 3 is 2.29 bits per heavy atom. The van der Waals surface area contributed by atoms with Crippen LogP contribution < -0.4 is 0 Å². The van der Waals surface area contributed by atoms with Gasteiger partial charge in [0.2, 0.25) is 0 Å². The predicted molar refractivity (Wildman–Crippen MR) is 58.5 cm³/mol. The number of aliphatic imine (C=N–C) groups is 1. The number of carbonyl (C=O) groups excluding carboxylic acids is 1. The van der Waals surface area contributed by atoms with E-state index in [9.17, 15) is 4.79 Å². The van der Waals surface area contributed by atoms with Crippen molar-refractivity contribution >= 4 is 11.6 Å². The molecule has 0 aliphatic heterocycles.